The number of hydrogen-bond acceptors (Lipinski definition) is 5. The summed E-state index contributed by atoms with van der Waals surface area (Å²) in [6, 6.07) is 10.3. The van der Waals surface area contributed by atoms with Crippen molar-refractivity contribution in [2.24, 2.45) is 0 Å². The minimum Gasteiger partial charge on any atom is -0.495 e. The van der Waals surface area contributed by atoms with Gasteiger partial charge in [0.25, 0.3) is 5.91 Å². The highest BCUT2D eigenvalue weighted by atomic mass is 16.5. The molecule has 0 radical (unpaired) electrons. The zero-order valence-electron chi connectivity index (χ0n) is 12.8. The van der Waals surface area contributed by atoms with E-state index in [1.54, 1.807) is 44.5 Å². The van der Waals surface area contributed by atoms with Crippen LogP contribution in [-0.4, -0.2) is 27.2 Å². The molecule has 22 heavy (non-hydrogen) atoms. The van der Waals surface area contributed by atoms with Gasteiger partial charge in [0.2, 0.25) is 0 Å². The maximum atomic E-state index is 12.3. The van der Waals surface area contributed by atoms with Crippen molar-refractivity contribution >= 4 is 23.0 Å². The average Bonchev–Trinajstić information content (AvgIpc) is 2.54. The van der Waals surface area contributed by atoms with Crippen LogP contribution in [-0.2, 0) is 0 Å². The molecule has 0 saturated carbocycles. The van der Waals surface area contributed by atoms with Gasteiger partial charge in [0.15, 0.2) is 0 Å². The third-order valence-corrected chi connectivity index (χ3v) is 3.22. The standard InChI is InChI=1S/C16H19N3O3/c1-18-13-6-5-11(9-15(13)22-3)19-16(20)10-4-7-14(21-2)12(17)8-10/h4-9,18H,17H2,1-3H3,(H,19,20). The Labute approximate surface area is 129 Å². The second-order valence-electron chi connectivity index (χ2n) is 4.58. The van der Waals surface area contributed by atoms with E-state index >= 15 is 0 Å². The quantitative estimate of drug-likeness (QED) is 0.739. The summed E-state index contributed by atoms with van der Waals surface area (Å²) in [5, 5.41) is 5.82. The molecule has 0 bridgehead atoms. The highest BCUT2D eigenvalue weighted by Gasteiger charge is 2.10. The maximum Gasteiger partial charge on any atom is 0.255 e. The Hall–Kier alpha value is -2.89. The number of hydrogen-bond donors (Lipinski definition) is 3. The van der Waals surface area contributed by atoms with Gasteiger partial charge in [-0.05, 0) is 30.3 Å². The Morgan fingerprint density at radius 2 is 1.77 bits per heavy atom. The number of benzene rings is 2. The Balaban J connectivity index is 2.20. The van der Waals surface area contributed by atoms with Crippen LogP contribution in [0.1, 0.15) is 10.4 Å². The van der Waals surface area contributed by atoms with Crippen LogP contribution in [0.4, 0.5) is 17.1 Å². The van der Waals surface area contributed by atoms with Crippen molar-refractivity contribution < 1.29 is 14.3 Å². The molecular formula is C16H19N3O3. The van der Waals surface area contributed by atoms with Crippen LogP contribution in [0.3, 0.4) is 0 Å². The van der Waals surface area contributed by atoms with Gasteiger partial charge in [0, 0.05) is 24.4 Å². The molecule has 0 fully saturated rings. The van der Waals surface area contributed by atoms with Gasteiger partial charge in [-0.25, -0.2) is 0 Å². The molecule has 2 aromatic carbocycles. The van der Waals surface area contributed by atoms with E-state index in [0.717, 1.165) is 5.69 Å². The number of rotatable bonds is 5. The lowest BCUT2D eigenvalue weighted by atomic mass is 10.1. The molecule has 2 aromatic rings. The molecule has 1 amide bonds. The maximum absolute atomic E-state index is 12.3. The molecule has 6 nitrogen and oxygen atoms in total. The molecule has 0 aromatic heterocycles. The van der Waals surface area contributed by atoms with Crippen molar-refractivity contribution in [3.8, 4) is 11.5 Å². The highest BCUT2D eigenvalue weighted by Crippen LogP contribution is 2.28. The van der Waals surface area contributed by atoms with Gasteiger partial charge in [-0.15, -0.1) is 0 Å². The van der Waals surface area contributed by atoms with Gasteiger partial charge in [-0.3, -0.25) is 4.79 Å². The van der Waals surface area contributed by atoms with E-state index < -0.39 is 0 Å². The van der Waals surface area contributed by atoms with Crippen LogP contribution in [0.5, 0.6) is 11.5 Å². The monoisotopic (exact) mass is 301 g/mol. The van der Waals surface area contributed by atoms with E-state index in [9.17, 15) is 4.79 Å². The molecule has 0 heterocycles. The topological polar surface area (TPSA) is 85.6 Å². The number of nitrogen functional groups attached to an aromatic ring is 1. The first kappa shape index (κ1) is 15.5. The molecule has 6 heteroatoms. The molecule has 0 unspecified atom stereocenters. The van der Waals surface area contributed by atoms with Gasteiger partial charge >= 0.3 is 0 Å². The van der Waals surface area contributed by atoms with Gasteiger partial charge in [-0.1, -0.05) is 0 Å². The van der Waals surface area contributed by atoms with E-state index in [-0.39, 0.29) is 5.91 Å². The molecule has 4 N–H and O–H groups in total. The average molecular weight is 301 g/mol. The number of carbonyl (C=O) groups excluding carboxylic acids is 1. The van der Waals surface area contributed by atoms with Gasteiger partial charge in [-0.2, -0.15) is 0 Å². The number of methoxy groups -OCH3 is 2. The summed E-state index contributed by atoms with van der Waals surface area (Å²) in [7, 11) is 4.91. The number of amides is 1. The molecule has 0 spiro atoms. The lowest BCUT2D eigenvalue weighted by Gasteiger charge is -2.12. The summed E-state index contributed by atoms with van der Waals surface area (Å²) in [5.74, 6) is 0.930. The zero-order valence-corrected chi connectivity index (χ0v) is 12.8. The fraction of sp³-hybridized carbons (Fsp3) is 0.188. The van der Waals surface area contributed by atoms with Crippen molar-refractivity contribution in [2.45, 2.75) is 0 Å². The first-order valence-electron chi connectivity index (χ1n) is 6.69. The van der Waals surface area contributed by atoms with Crippen LogP contribution < -0.4 is 25.8 Å². The summed E-state index contributed by atoms with van der Waals surface area (Å²) < 4.78 is 10.3. The molecule has 2 rings (SSSR count). The van der Waals surface area contributed by atoms with Crippen LogP contribution in [0.25, 0.3) is 0 Å². The van der Waals surface area contributed by atoms with E-state index in [1.807, 2.05) is 6.07 Å². The fourth-order valence-electron chi connectivity index (χ4n) is 2.05. The van der Waals surface area contributed by atoms with Crippen LogP contribution in [0, 0.1) is 0 Å². The molecule has 0 aliphatic heterocycles. The Morgan fingerprint density at radius 3 is 2.36 bits per heavy atom. The minimum absolute atomic E-state index is 0.256. The van der Waals surface area contributed by atoms with Crippen LogP contribution in [0.2, 0.25) is 0 Å². The number of anilines is 3. The summed E-state index contributed by atoms with van der Waals surface area (Å²) in [6.45, 7) is 0. The normalized spacial score (nSPS) is 9.95. The van der Waals surface area contributed by atoms with E-state index in [1.165, 1.54) is 7.11 Å². The van der Waals surface area contributed by atoms with Crippen molar-refractivity contribution in [2.75, 3.05) is 37.6 Å². The smallest absolute Gasteiger partial charge is 0.255 e. The second kappa shape index (κ2) is 6.71. The number of nitrogens with two attached hydrogens (primary N) is 1. The lowest BCUT2D eigenvalue weighted by Crippen LogP contribution is -2.12. The molecular weight excluding hydrogens is 282 g/mol. The number of ether oxygens (including phenoxy) is 2. The third kappa shape index (κ3) is 3.22. The van der Waals surface area contributed by atoms with Gasteiger partial charge in [0.05, 0.1) is 25.6 Å². The van der Waals surface area contributed by atoms with Crippen molar-refractivity contribution in [1.82, 2.24) is 0 Å². The van der Waals surface area contributed by atoms with Crippen molar-refractivity contribution in [3.63, 3.8) is 0 Å². The predicted molar refractivity (Wildman–Crippen MR) is 87.9 cm³/mol. The first-order valence-corrected chi connectivity index (χ1v) is 6.69. The predicted octanol–water partition coefficient (Wildman–Crippen LogP) is 2.58. The van der Waals surface area contributed by atoms with Crippen molar-refractivity contribution in [1.29, 1.82) is 0 Å². The molecule has 0 atom stereocenters. The lowest BCUT2D eigenvalue weighted by molar-refractivity contribution is 0.102. The first-order chi connectivity index (χ1) is 10.6. The molecule has 0 aliphatic rings. The van der Waals surface area contributed by atoms with E-state index in [4.69, 9.17) is 15.2 Å². The SMILES string of the molecule is CNc1ccc(NC(=O)c2ccc(OC)c(N)c2)cc1OC. The summed E-state index contributed by atoms with van der Waals surface area (Å²) >= 11 is 0. The highest BCUT2D eigenvalue weighted by molar-refractivity contribution is 6.05. The molecule has 0 saturated heterocycles. The zero-order chi connectivity index (χ0) is 16.1. The number of carbonyl (C=O) groups is 1. The Kier molecular flexibility index (Phi) is 4.73. The minimum atomic E-state index is -0.256. The third-order valence-electron chi connectivity index (χ3n) is 3.22. The number of nitrogens with one attached hydrogen (secondary N) is 2. The molecule has 0 aliphatic carbocycles. The van der Waals surface area contributed by atoms with Crippen LogP contribution >= 0.6 is 0 Å². The summed E-state index contributed by atoms with van der Waals surface area (Å²) in [4.78, 5) is 12.3. The van der Waals surface area contributed by atoms with E-state index in [0.29, 0.717) is 28.4 Å². The fourth-order valence-corrected chi connectivity index (χ4v) is 2.05. The molecule has 116 valence electrons. The van der Waals surface area contributed by atoms with Crippen LogP contribution in [0.15, 0.2) is 36.4 Å². The Bertz CT molecular complexity index is 686. The largest absolute Gasteiger partial charge is 0.495 e. The van der Waals surface area contributed by atoms with E-state index in [2.05, 4.69) is 10.6 Å². The van der Waals surface area contributed by atoms with Gasteiger partial charge < -0.3 is 25.8 Å². The van der Waals surface area contributed by atoms with Gasteiger partial charge in [0.1, 0.15) is 11.5 Å². The Morgan fingerprint density at radius 1 is 1.05 bits per heavy atom. The summed E-state index contributed by atoms with van der Waals surface area (Å²) in [6.07, 6.45) is 0. The van der Waals surface area contributed by atoms with Crippen molar-refractivity contribution in [3.05, 3.63) is 42.0 Å². The summed E-state index contributed by atoms with van der Waals surface area (Å²) in [5.41, 5.74) is 8.16. The second-order valence-corrected chi connectivity index (χ2v) is 4.58.